The van der Waals surface area contributed by atoms with E-state index in [4.69, 9.17) is 15.0 Å². The van der Waals surface area contributed by atoms with Gasteiger partial charge in [-0.2, -0.15) is 4.98 Å². The second-order valence-electron chi connectivity index (χ2n) is 4.14. The van der Waals surface area contributed by atoms with E-state index < -0.39 is 16.8 Å². The van der Waals surface area contributed by atoms with Crippen LogP contribution in [0.5, 0.6) is 0 Å². The summed E-state index contributed by atoms with van der Waals surface area (Å²) in [6, 6.07) is 2.35. The molecule has 0 aliphatic carbocycles. The summed E-state index contributed by atoms with van der Waals surface area (Å²) in [4.78, 5) is 14.2. The second-order valence-corrected chi connectivity index (χ2v) is 4.14. The molecule has 0 fully saturated rings. The van der Waals surface area contributed by atoms with Gasteiger partial charge in [-0.05, 0) is 19.1 Å². The third kappa shape index (κ3) is 3.38. The first-order valence-electron chi connectivity index (χ1n) is 6.14. The molecule has 112 valence electrons. The zero-order valence-electron chi connectivity index (χ0n) is 11.2. The van der Waals surface area contributed by atoms with Crippen molar-refractivity contribution in [2.45, 2.75) is 13.0 Å². The molecule has 0 aliphatic heterocycles. The first kappa shape index (κ1) is 15.0. The minimum Gasteiger partial charge on any atom is -0.380 e. The van der Waals surface area contributed by atoms with Crippen molar-refractivity contribution in [1.82, 2.24) is 10.1 Å². The van der Waals surface area contributed by atoms with Crippen molar-refractivity contribution in [2.75, 3.05) is 13.2 Å². The van der Waals surface area contributed by atoms with Gasteiger partial charge in [0.1, 0.15) is 11.4 Å². The fourth-order valence-electron chi connectivity index (χ4n) is 1.65. The molecule has 2 N–H and O–H groups in total. The Morgan fingerprint density at radius 2 is 2.33 bits per heavy atom. The van der Waals surface area contributed by atoms with Crippen molar-refractivity contribution in [3.8, 4) is 11.5 Å². The van der Waals surface area contributed by atoms with Crippen molar-refractivity contribution in [3.05, 3.63) is 40.0 Å². The maximum atomic E-state index is 13.3. The van der Waals surface area contributed by atoms with Crippen LogP contribution in [0.3, 0.4) is 0 Å². The Morgan fingerprint density at radius 1 is 1.57 bits per heavy atom. The quantitative estimate of drug-likeness (QED) is 0.638. The van der Waals surface area contributed by atoms with Gasteiger partial charge in [0.05, 0.1) is 17.6 Å². The number of ether oxygens (including phenoxy) is 1. The Bertz CT molecular complexity index is 646. The van der Waals surface area contributed by atoms with Gasteiger partial charge < -0.3 is 15.0 Å². The van der Waals surface area contributed by atoms with Crippen molar-refractivity contribution in [2.24, 2.45) is 5.73 Å². The van der Waals surface area contributed by atoms with Crippen LogP contribution in [0.1, 0.15) is 18.8 Å². The lowest BCUT2D eigenvalue weighted by Crippen LogP contribution is -2.18. The van der Waals surface area contributed by atoms with Gasteiger partial charge in [-0.15, -0.1) is 0 Å². The summed E-state index contributed by atoms with van der Waals surface area (Å²) < 4.78 is 23.3. The number of hydrogen-bond donors (Lipinski definition) is 1. The topological polar surface area (TPSA) is 117 Å². The lowest BCUT2D eigenvalue weighted by atomic mass is 10.1. The fraction of sp³-hybridized carbons (Fsp3) is 0.333. The van der Waals surface area contributed by atoms with Crippen LogP contribution in [0.4, 0.5) is 10.1 Å². The van der Waals surface area contributed by atoms with E-state index in [1.54, 1.807) is 0 Å². The standard InChI is InChI=1S/C12H13FN4O4/c1-2-20-6-9(14)11-15-12(21-16-11)8-5-7(13)3-4-10(8)17(18)19/h3-5,9H,2,6,14H2,1H3. The number of benzene rings is 1. The molecule has 8 nitrogen and oxygen atoms in total. The van der Waals surface area contributed by atoms with Gasteiger partial charge in [0, 0.05) is 12.7 Å². The number of rotatable bonds is 6. The maximum absolute atomic E-state index is 13.3. The van der Waals surface area contributed by atoms with Crippen LogP contribution in [0.2, 0.25) is 0 Å². The summed E-state index contributed by atoms with van der Waals surface area (Å²) in [5.41, 5.74) is 5.36. The number of aromatic nitrogens is 2. The monoisotopic (exact) mass is 296 g/mol. The van der Waals surface area contributed by atoms with Gasteiger partial charge in [0.2, 0.25) is 0 Å². The van der Waals surface area contributed by atoms with Gasteiger partial charge in [-0.1, -0.05) is 5.16 Å². The first-order valence-corrected chi connectivity index (χ1v) is 6.14. The minimum absolute atomic E-state index is 0.0950. The second kappa shape index (κ2) is 6.37. The van der Waals surface area contributed by atoms with E-state index in [9.17, 15) is 14.5 Å². The molecular formula is C12H13FN4O4. The van der Waals surface area contributed by atoms with E-state index in [-0.39, 0.29) is 29.6 Å². The zero-order chi connectivity index (χ0) is 15.4. The molecular weight excluding hydrogens is 283 g/mol. The van der Waals surface area contributed by atoms with Crippen LogP contribution in [0.15, 0.2) is 22.7 Å². The predicted octanol–water partition coefficient (Wildman–Crippen LogP) is 1.82. The third-order valence-electron chi connectivity index (χ3n) is 2.66. The van der Waals surface area contributed by atoms with Gasteiger partial charge >= 0.3 is 0 Å². The molecule has 0 saturated carbocycles. The third-order valence-corrected chi connectivity index (χ3v) is 2.66. The average molecular weight is 296 g/mol. The molecule has 0 aliphatic rings. The molecule has 1 atom stereocenters. The molecule has 1 unspecified atom stereocenters. The Balaban J connectivity index is 2.33. The van der Waals surface area contributed by atoms with E-state index >= 15 is 0 Å². The van der Waals surface area contributed by atoms with E-state index in [2.05, 4.69) is 10.1 Å². The van der Waals surface area contributed by atoms with Gasteiger partial charge in [-0.25, -0.2) is 4.39 Å². The number of nitro groups is 1. The molecule has 0 radical (unpaired) electrons. The van der Waals surface area contributed by atoms with E-state index in [0.717, 1.165) is 18.2 Å². The zero-order valence-corrected chi connectivity index (χ0v) is 11.2. The van der Waals surface area contributed by atoms with Crippen molar-refractivity contribution in [1.29, 1.82) is 0 Å². The highest BCUT2D eigenvalue weighted by atomic mass is 19.1. The average Bonchev–Trinajstić information content (AvgIpc) is 2.94. The van der Waals surface area contributed by atoms with Gasteiger partial charge in [0.25, 0.3) is 11.6 Å². The molecule has 0 amide bonds. The number of nitrogens with zero attached hydrogens (tertiary/aromatic N) is 3. The number of halogens is 1. The normalized spacial score (nSPS) is 12.3. The Morgan fingerprint density at radius 3 is 3.00 bits per heavy atom. The highest BCUT2D eigenvalue weighted by Crippen LogP contribution is 2.29. The predicted molar refractivity (Wildman–Crippen MR) is 69.8 cm³/mol. The van der Waals surface area contributed by atoms with Crippen molar-refractivity contribution < 1.29 is 18.6 Å². The van der Waals surface area contributed by atoms with Crippen LogP contribution in [-0.4, -0.2) is 28.3 Å². The Kier molecular flexibility index (Phi) is 4.55. The van der Waals surface area contributed by atoms with Crippen LogP contribution >= 0.6 is 0 Å². The van der Waals surface area contributed by atoms with E-state index in [0.29, 0.717) is 6.61 Å². The fourth-order valence-corrected chi connectivity index (χ4v) is 1.65. The van der Waals surface area contributed by atoms with Crippen molar-refractivity contribution >= 4 is 5.69 Å². The van der Waals surface area contributed by atoms with Crippen LogP contribution < -0.4 is 5.73 Å². The molecule has 0 spiro atoms. The van der Waals surface area contributed by atoms with E-state index in [1.807, 2.05) is 6.92 Å². The number of nitro benzene ring substituents is 1. The van der Waals surface area contributed by atoms with Gasteiger partial charge in [-0.3, -0.25) is 10.1 Å². The number of nitrogens with two attached hydrogens (primary N) is 1. The maximum Gasteiger partial charge on any atom is 0.282 e. The summed E-state index contributed by atoms with van der Waals surface area (Å²) in [7, 11) is 0. The summed E-state index contributed by atoms with van der Waals surface area (Å²) >= 11 is 0. The summed E-state index contributed by atoms with van der Waals surface area (Å²) in [6.07, 6.45) is 0. The Labute approximate surface area is 118 Å². The number of hydrogen-bond acceptors (Lipinski definition) is 7. The summed E-state index contributed by atoms with van der Waals surface area (Å²) in [6.45, 7) is 2.47. The first-order chi connectivity index (χ1) is 10.0. The smallest absolute Gasteiger partial charge is 0.282 e. The molecule has 1 heterocycles. The SMILES string of the molecule is CCOCC(N)c1noc(-c2cc(F)ccc2[N+](=O)[O-])n1. The molecule has 9 heteroatoms. The van der Waals surface area contributed by atoms with Crippen LogP contribution in [0, 0.1) is 15.9 Å². The van der Waals surface area contributed by atoms with Crippen LogP contribution in [0.25, 0.3) is 11.5 Å². The lowest BCUT2D eigenvalue weighted by molar-refractivity contribution is -0.384. The lowest BCUT2D eigenvalue weighted by Gasteiger charge is -2.05. The van der Waals surface area contributed by atoms with E-state index in [1.165, 1.54) is 0 Å². The molecule has 2 aromatic rings. The highest BCUT2D eigenvalue weighted by Gasteiger charge is 2.23. The molecule has 21 heavy (non-hydrogen) atoms. The molecule has 2 rings (SSSR count). The van der Waals surface area contributed by atoms with Crippen molar-refractivity contribution in [3.63, 3.8) is 0 Å². The largest absolute Gasteiger partial charge is 0.380 e. The van der Waals surface area contributed by atoms with Gasteiger partial charge in [0.15, 0.2) is 5.82 Å². The molecule has 1 aromatic carbocycles. The summed E-state index contributed by atoms with van der Waals surface area (Å²) in [5.74, 6) is -0.672. The highest BCUT2D eigenvalue weighted by molar-refractivity contribution is 5.66. The Hall–Kier alpha value is -2.39. The molecule has 1 aromatic heterocycles. The van der Waals surface area contributed by atoms with Crippen LogP contribution in [-0.2, 0) is 4.74 Å². The molecule has 0 bridgehead atoms. The summed E-state index contributed by atoms with van der Waals surface area (Å²) in [5, 5.41) is 14.6. The molecule has 0 saturated heterocycles. The minimum atomic E-state index is -0.654.